The standard InChI is InChI=1S/C18H22N6O2S/c1-4-24-11-13(10-19-24)17-21-22-18(23(17)3)27-12-16(25)20-14-6-8-15(9-7-14)26-5-2/h6-11H,4-5,12H2,1-3H3,(H,20,25). The van der Waals surface area contributed by atoms with Gasteiger partial charge in [-0.15, -0.1) is 10.2 Å². The molecule has 1 aromatic carbocycles. The molecule has 0 spiro atoms. The van der Waals surface area contributed by atoms with Crippen molar-refractivity contribution in [2.45, 2.75) is 25.5 Å². The highest BCUT2D eigenvalue weighted by molar-refractivity contribution is 7.99. The molecule has 1 N–H and O–H groups in total. The Morgan fingerprint density at radius 2 is 2.00 bits per heavy atom. The molecular weight excluding hydrogens is 364 g/mol. The highest BCUT2D eigenvalue weighted by Gasteiger charge is 2.14. The van der Waals surface area contributed by atoms with Gasteiger partial charge in [0, 0.05) is 25.5 Å². The lowest BCUT2D eigenvalue weighted by molar-refractivity contribution is -0.113. The van der Waals surface area contributed by atoms with Crippen molar-refractivity contribution in [2.75, 3.05) is 17.7 Å². The van der Waals surface area contributed by atoms with Crippen molar-refractivity contribution in [3.63, 3.8) is 0 Å². The summed E-state index contributed by atoms with van der Waals surface area (Å²) >= 11 is 1.34. The lowest BCUT2D eigenvalue weighted by atomic mass is 10.3. The van der Waals surface area contributed by atoms with Crippen LogP contribution in [0.15, 0.2) is 41.8 Å². The second-order valence-electron chi connectivity index (χ2n) is 5.74. The Morgan fingerprint density at radius 3 is 2.67 bits per heavy atom. The number of ether oxygens (including phenoxy) is 1. The Kier molecular flexibility index (Phi) is 6.12. The molecule has 0 bridgehead atoms. The molecule has 0 aliphatic rings. The van der Waals surface area contributed by atoms with E-state index in [4.69, 9.17) is 4.74 Å². The highest BCUT2D eigenvalue weighted by Crippen LogP contribution is 2.22. The maximum Gasteiger partial charge on any atom is 0.234 e. The van der Waals surface area contributed by atoms with Crippen LogP contribution in [0, 0.1) is 0 Å². The minimum absolute atomic E-state index is 0.104. The van der Waals surface area contributed by atoms with Gasteiger partial charge in [0.1, 0.15) is 5.75 Å². The number of carbonyl (C=O) groups excluding carboxylic acids is 1. The van der Waals surface area contributed by atoms with E-state index in [1.54, 1.807) is 6.20 Å². The molecule has 0 aliphatic carbocycles. The van der Waals surface area contributed by atoms with Gasteiger partial charge in [-0.1, -0.05) is 11.8 Å². The fourth-order valence-corrected chi connectivity index (χ4v) is 3.18. The first-order valence-electron chi connectivity index (χ1n) is 8.68. The van der Waals surface area contributed by atoms with Crippen molar-refractivity contribution in [3.8, 4) is 17.1 Å². The summed E-state index contributed by atoms with van der Waals surface area (Å²) in [7, 11) is 1.88. The van der Waals surface area contributed by atoms with Gasteiger partial charge in [-0.2, -0.15) is 5.10 Å². The lowest BCUT2D eigenvalue weighted by Crippen LogP contribution is -2.14. The monoisotopic (exact) mass is 386 g/mol. The topological polar surface area (TPSA) is 86.9 Å². The third-order valence-corrected chi connectivity index (χ3v) is 4.85. The van der Waals surface area contributed by atoms with Crippen molar-refractivity contribution < 1.29 is 9.53 Å². The summed E-state index contributed by atoms with van der Waals surface area (Å²) < 4.78 is 9.09. The second kappa shape index (κ2) is 8.72. The molecule has 142 valence electrons. The first kappa shape index (κ1) is 19.0. The fraction of sp³-hybridized carbons (Fsp3) is 0.333. The summed E-state index contributed by atoms with van der Waals surface area (Å²) in [6.07, 6.45) is 3.69. The smallest absolute Gasteiger partial charge is 0.234 e. The molecule has 9 heteroatoms. The summed E-state index contributed by atoms with van der Waals surface area (Å²) in [6, 6.07) is 7.30. The zero-order valence-electron chi connectivity index (χ0n) is 15.5. The third kappa shape index (κ3) is 4.68. The van der Waals surface area contributed by atoms with Crippen LogP contribution in [0.25, 0.3) is 11.4 Å². The number of hydrogen-bond acceptors (Lipinski definition) is 6. The van der Waals surface area contributed by atoms with Crippen LogP contribution in [0.5, 0.6) is 5.75 Å². The predicted octanol–water partition coefficient (Wildman–Crippen LogP) is 2.83. The van der Waals surface area contributed by atoms with E-state index in [1.165, 1.54) is 11.8 Å². The number of nitrogens with one attached hydrogen (secondary N) is 1. The Balaban J connectivity index is 1.57. The van der Waals surface area contributed by atoms with E-state index >= 15 is 0 Å². The molecule has 0 atom stereocenters. The Labute approximate surface area is 161 Å². The van der Waals surface area contributed by atoms with Crippen LogP contribution >= 0.6 is 11.8 Å². The Morgan fingerprint density at radius 1 is 1.22 bits per heavy atom. The molecule has 27 heavy (non-hydrogen) atoms. The van der Waals surface area contributed by atoms with Gasteiger partial charge in [-0.05, 0) is 38.1 Å². The number of anilines is 1. The van der Waals surface area contributed by atoms with Gasteiger partial charge in [0.2, 0.25) is 5.91 Å². The second-order valence-corrected chi connectivity index (χ2v) is 6.69. The summed E-state index contributed by atoms with van der Waals surface area (Å²) in [6.45, 7) is 5.37. The van der Waals surface area contributed by atoms with Crippen LogP contribution in [0.3, 0.4) is 0 Å². The number of rotatable bonds is 8. The van der Waals surface area contributed by atoms with E-state index in [2.05, 4.69) is 20.6 Å². The maximum atomic E-state index is 12.2. The first-order chi connectivity index (χ1) is 13.1. The van der Waals surface area contributed by atoms with Crippen molar-refractivity contribution in [1.82, 2.24) is 24.5 Å². The van der Waals surface area contributed by atoms with Gasteiger partial charge < -0.3 is 14.6 Å². The molecule has 0 saturated carbocycles. The Bertz CT molecular complexity index is 903. The minimum Gasteiger partial charge on any atom is -0.494 e. The van der Waals surface area contributed by atoms with Crippen LogP contribution in [0.2, 0.25) is 0 Å². The van der Waals surface area contributed by atoms with Gasteiger partial charge in [-0.25, -0.2) is 0 Å². The summed E-state index contributed by atoms with van der Waals surface area (Å²) in [4.78, 5) is 12.2. The number of hydrogen-bond donors (Lipinski definition) is 1. The normalized spacial score (nSPS) is 10.8. The number of thioether (sulfide) groups is 1. The van der Waals surface area contributed by atoms with Crippen LogP contribution in [0.1, 0.15) is 13.8 Å². The van der Waals surface area contributed by atoms with E-state index in [1.807, 2.05) is 60.6 Å². The predicted molar refractivity (Wildman–Crippen MR) is 105 cm³/mol. The zero-order chi connectivity index (χ0) is 19.2. The number of aryl methyl sites for hydroxylation is 1. The van der Waals surface area contributed by atoms with Gasteiger partial charge in [0.15, 0.2) is 11.0 Å². The molecule has 0 aliphatic heterocycles. The molecule has 8 nitrogen and oxygen atoms in total. The van der Waals surface area contributed by atoms with Gasteiger partial charge in [-0.3, -0.25) is 9.48 Å². The van der Waals surface area contributed by atoms with Gasteiger partial charge in [0.05, 0.1) is 24.1 Å². The number of amides is 1. The molecule has 0 saturated heterocycles. The Hall–Kier alpha value is -2.81. The molecule has 1 amide bonds. The molecule has 3 aromatic rings. The van der Waals surface area contributed by atoms with Crippen molar-refractivity contribution in [2.24, 2.45) is 7.05 Å². The molecule has 2 aromatic heterocycles. The lowest BCUT2D eigenvalue weighted by Gasteiger charge is -2.07. The summed E-state index contributed by atoms with van der Waals surface area (Å²) in [5, 5.41) is 16.2. The number of nitrogens with zero attached hydrogens (tertiary/aromatic N) is 5. The fourth-order valence-electron chi connectivity index (χ4n) is 2.47. The number of aromatic nitrogens is 5. The average Bonchev–Trinajstić information content (AvgIpc) is 3.28. The van der Waals surface area contributed by atoms with E-state index in [0.29, 0.717) is 11.8 Å². The molecule has 0 radical (unpaired) electrons. The average molecular weight is 386 g/mol. The van der Waals surface area contributed by atoms with E-state index < -0.39 is 0 Å². The summed E-state index contributed by atoms with van der Waals surface area (Å²) in [5.41, 5.74) is 1.63. The van der Waals surface area contributed by atoms with Crippen molar-refractivity contribution >= 4 is 23.4 Å². The molecule has 0 unspecified atom stereocenters. The van der Waals surface area contributed by atoms with Crippen molar-refractivity contribution in [3.05, 3.63) is 36.7 Å². The third-order valence-electron chi connectivity index (χ3n) is 3.83. The summed E-state index contributed by atoms with van der Waals surface area (Å²) in [5.74, 6) is 1.65. The van der Waals surface area contributed by atoms with Crippen LogP contribution in [0.4, 0.5) is 5.69 Å². The quantitative estimate of drug-likeness (QED) is 0.599. The molecule has 2 heterocycles. The van der Waals surface area contributed by atoms with E-state index in [0.717, 1.165) is 29.4 Å². The van der Waals surface area contributed by atoms with Crippen LogP contribution in [-0.2, 0) is 18.4 Å². The van der Waals surface area contributed by atoms with Gasteiger partial charge >= 0.3 is 0 Å². The largest absolute Gasteiger partial charge is 0.494 e. The number of benzene rings is 1. The maximum absolute atomic E-state index is 12.2. The first-order valence-corrected chi connectivity index (χ1v) is 9.67. The highest BCUT2D eigenvalue weighted by atomic mass is 32.2. The number of carbonyl (C=O) groups is 1. The minimum atomic E-state index is -0.104. The SMILES string of the molecule is CCOc1ccc(NC(=O)CSc2nnc(-c3cnn(CC)c3)n2C)cc1. The van der Waals surface area contributed by atoms with Crippen LogP contribution < -0.4 is 10.1 Å². The molecule has 3 rings (SSSR count). The van der Waals surface area contributed by atoms with Crippen LogP contribution in [-0.4, -0.2) is 42.8 Å². The van der Waals surface area contributed by atoms with Gasteiger partial charge in [0.25, 0.3) is 0 Å². The van der Waals surface area contributed by atoms with E-state index in [-0.39, 0.29) is 11.7 Å². The zero-order valence-corrected chi connectivity index (χ0v) is 16.4. The van der Waals surface area contributed by atoms with Crippen molar-refractivity contribution in [1.29, 1.82) is 0 Å². The van der Waals surface area contributed by atoms with E-state index in [9.17, 15) is 4.79 Å². The molecule has 0 fully saturated rings. The molecular formula is C18H22N6O2S.